The van der Waals surface area contributed by atoms with Gasteiger partial charge in [0.15, 0.2) is 5.82 Å². The highest BCUT2D eigenvalue weighted by Gasteiger charge is 2.15. The largest absolute Gasteiger partial charge is 0.367 e. The number of nitrogens with zero attached hydrogens (tertiary/aromatic N) is 3. The van der Waals surface area contributed by atoms with Gasteiger partial charge in [-0.3, -0.25) is 4.98 Å². The van der Waals surface area contributed by atoms with E-state index in [4.69, 9.17) is 0 Å². The lowest BCUT2D eigenvalue weighted by Crippen LogP contribution is -2.35. The first-order valence-corrected chi connectivity index (χ1v) is 8.80. The van der Waals surface area contributed by atoms with Crippen LogP contribution in [0.25, 0.3) is 22.6 Å². The third-order valence-electron chi connectivity index (χ3n) is 4.48. The summed E-state index contributed by atoms with van der Waals surface area (Å²) in [4.78, 5) is 13.4. The van der Waals surface area contributed by atoms with Crippen LogP contribution in [0.2, 0.25) is 0 Å². The van der Waals surface area contributed by atoms with Gasteiger partial charge in [0.25, 0.3) is 0 Å². The Morgan fingerprint density at radius 3 is 2.54 bits per heavy atom. The number of piperidine rings is 1. The molecule has 0 radical (unpaired) electrons. The second-order valence-electron chi connectivity index (χ2n) is 6.38. The second kappa shape index (κ2) is 7.58. The van der Waals surface area contributed by atoms with Gasteiger partial charge in [-0.1, -0.05) is 12.1 Å². The van der Waals surface area contributed by atoms with Gasteiger partial charge >= 0.3 is 0 Å². The van der Waals surface area contributed by atoms with Crippen molar-refractivity contribution in [3.05, 3.63) is 60.7 Å². The number of rotatable bonds is 4. The van der Waals surface area contributed by atoms with Crippen LogP contribution in [0.15, 0.2) is 54.9 Å². The molecule has 3 heterocycles. The number of aromatic nitrogens is 3. The summed E-state index contributed by atoms with van der Waals surface area (Å²) in [6, 6.07) is 12.5. The first-order valence-electron chi connectivity index (χ1n) is 8.80. The highest BCUT2D eigenvalue weighted by molar-refractivity contribution is 5.67. The van der Waals surface area contributed by atoms with E-state index in [1.165, 1.54) is 12.1 Å². The summed E-state index contributed by atoms with van der Waals surface area (Å²) in [5, 5.41) is 6.88. The van der Waals surface area contributed by atoms with Crippen molar-refractivity contribution in [2.24, 2.45) is 0 Å². The number of halogens is 1. The fraction of sp³-hybridized carbons (Fsp3) is 0.250. The van der Waals surface area contributed by atoms with E-state index in [9.17, 15) is 4.39 Å². The highest BCUT2D eigenvalue weighted by atomic mass is 19.1. The summed E-state index contributed by atoms with van der Waals surface area (Å²) in [6.45, 7) is 1.99. The van der Waals surface area contributed by atoms with Gasteiger partial charge in [0, 0.05) is 35.6 Å². The normalized spacial score (nSPS) is 15.0. The monoisotopic (exact) mass is 349 g/mol. The van der Waals surface area contributed by atoms with Gasteiger partial charge in [0.1, 0.15) is 11.6 Å². The van der Waals surface area contributed by atoms with Crippen molar-refractivity contribution >= 4 is 5.82 Å². The van der Waals surface area contributed by atoms with Crippen LogP contribution >= 0.6 is 0 Å². The predicted octanol–water partition coefficient (Wildman–Crippen LogP) is 3.51. The van der Waals surface area contributed by atoms with Gasteiger partial charge in [0.05, 0.1) is 5.69 Å². The van der Waals surface area contributed by atoms with Gasteiger partial charge in [-0.05, 0) is 50.2 Å². The third kappa shape index (κ3) is 3.86. The first kappa shape index (κ1) is 16.6. The van der Waals surface area contributed by atoms with Crippen molar-refractivity contribution in [3.63, 3.8) is 0 Å². The molecule has 0 amide bonds. The molecule has 0 spiro atoms. The molecule has 1 aliphatic rings. The van der Waals surface area contributed by atoms with Gasteiger partial charge < -0.3 is 10.6 Å². The molecule has 0 saturated carbocycles. The Hall–Kier alpha value is -2.86. The van der Waals surface area contributed by atoms with E-state index in [2.05, 4.69) is 25.6 Å². The zero-order valence-corrected chi connectivity index (χ0v) is 14.3. The average Bonchev–Trinajstić information content (AvgIpc) is 2.69. The van der Waals surface area contributed by atoms with E-state index in [1.54, 1.807) is 18.5 Å². The summed E-state index contributed by atoms with van der Waals surface area (Å²) < 4.78 is 13.7. The van der Waals surface area contributed by atoms with Gasteiger partial charge in [0.2, 0.25) is 0 Å². The SMILES string of the molecule is Fc1cccc(-c2nc(NC3CCNCC3)cc(-c3ccncc3)n2)c1. The van der Waals surface area contributed by atoms with Gasteiger partial charge in [-0.15, -0.1) is 0 Å². The molecule has 132 valence electrons. The van der Waals surface area contributed by atoms with Crippen LogP contribution in [0.4, 0.5) is 10.2 Å². The Morgan fingerprint density at radius 1 is 0.962 bits per heavy atom. The predicted molar refractivity (Wildman–Crippen MR) is 100 cm³/mol. The quantitative estimate of drug-likeness (QED) is 0.755. The molecular weight excluding hydrogens is 329 g/mol. The third-order valence-corrected chi connectivity index (χ3v) is 4.48. The first-order chi connectivity index (χ1) is 12.8. The van der Waals surface area contributed by atoms with E-state index in [0.717, 1.165) is 43.0 Å². The zero-order valence-electron chi connectivity index (χ0n) is 14.3. The molecule has 2 aromatic heterocycles. The minimum absolute atomic E-state index is 0.298. The minimum Gasteiger partial charge on any atom is -0.367 e. The van der Waals surface area contributed by atoms with E-state index in [0.29, 0.717) is 17.4 Å². The number of nitrogens with one attached hydrogen (secondary N) is 2. The molecule has 3 aromatic rings. The summed E-state index contributed by atoms with van der Waals surface area (Å²) in [5.41, 5.74) is 2.40. The molecule has 1 aliphatic heterocycles. The van der Waals surface area contributed by atoms with Crippen LogP contribution in [0.3, 0.4) is 0 Å². The Morgan fingerprint density at radius 2 is 1.77 bits per heavy atom. The highest BCUT2D eigenvalue weighted by Crippen LogP contribution is 2.25. The molecule has 1 fully saturated rings. The molecule has 6 heteroatoms. The van der Waals surface area contributed by atoms with Crippen LogP contribution in [0.1, 0.15) is 12.8 Å². The van der Waals surface area contributed by atoms with Crippen LogP contribution in [-0.4, -0.2) is 34.1 Å². The zero-order chi connectivity index (χ0) is 17.8. The van der Waals surface area contributed by atoms with Crippen molar-refractivity contribution < 1.29 is 4.39 Å². The second-order valence-corrected chi connectivity index (χ2v) is 6.38. The lowest BCUT2D eigenvalue weighted by atomic mass is 10.1. The fourth-order valence-electron chi connectivity index (χ4n) is 3.12. The standard InChI is InChI=1S/C20H20FN5/c21-16-3-1-2-15(12-16)20-25-18(14-4-8-22-9-5-14)13-19(26-20)24-17-6-10-23-11-7-17/h1-5,8-9,12-13,17,23H,6-7,10-11H2,(H,24,25,26). The molecule has 4 rings (SSSR count). The lowest BCUT2D eigenvalue weighted by Gasteiger charge is -2.24. The number of hydrogen-bond donors (Lipinski definition) is 2. The number of pyridine rings is 1. The van der Waals surface area contributed by atoms with Crippen molar-refractivity contribution in [1.82, 2.24) is 20.3 Å². The molecule has 0 aliphatic carbocycles. The molecule has 1 saturated heterocycles. The Balaban J connectivity index is 1.74. The van der Waals surface area contributed by atoms with E-state index >= 15 is 0 Å². The number of anilines is 1. The molecule has 26 heavy (non-hydrogen) atoms. The topological polar surface area (TPSA) is 62.7 Å². The smallest absolute Gasteiger partial charge is 0.162 e. The molecule has 0 unspecified atom stereocenters. The van der Waals surface area contributed by atoms with Gasteiger partial charge in [-0.25, -0.2) is 14.4 Å². The molecule has 0 atom stereocenters. The number of benzene rings is 1. The van der Waals surface area contributed by atoms with Crippen LogP contribution in [0.5, 0.6) is 0 Å². The summed E-state index contributed by atoms with van der Waals surface area (Å²) in [7, 11) is 0. The summed E-state index contributed by atoms with van der Waals surface area (Å²) >= 11 is 0. The van der Waals surface area contributed by atoms with Crippen molar-refractivity contribution in [3.8, 4) is 22.6 Å². The van der Waals surface area contributed by atoms with Crippen LogP contribution in [-0.2, 0) is 0 Å². The maximum absolute atomic E-state index is 13.7. The Labute approximate surface area is 151 Å². The van der Waals surface area contributed by atoms with Crippen molar-refractivity contribution in [1.29, 1.82) is 0 Å². The van der Waals surface area contributed by atoms with E-state index in [-0.39, 0.29) is 5.82 Å². The maximum Gasteiger partial charge on any atom is 0.162 e. The summed E-state index contributed by atoms with van der Waals surface area (Å²) in [5.74, 6) is 0.974. The Bertz CT molecular complexity index is 878. The number of hydrogen-bond acceptors (Lipinski definition) is 5. The fourth-order valence-corrected chi connectivity index (χ4v) is 3.12. The van der Waals surface area contributed by atoms with E-state index < -0.39 is 0 Å². The van der Waals surface area contributed by atoms with Crippen molar-refractivity contribution in [2.45, 2.75) is 18.9 Å². The molecule has 1 aromatic carbocycles. The van der Waals surface area contributed by atoms with Crippen LogP contribution in [0, 0.1) is 5.82 Å². The minimum atomic E-state index is -0.298. The van der Waals surface area contributed by atoms with Gasteiger partial charge in [-0.2, -0.15) is 0 Å². The summed E-state index contributed by atoms with van der Waals surface area (Å²) in [6.07, 6.45) is 5.56. The molecule has 2 N–H and O–H groups in total. The van der Waals surface area contributed by atoms with E-state index in [1.807, 2.05) is 24.3 Å². The average molecular weight is 349 g/mol. The molecule has 5 nitrogen and oxygen atoms in total. The van der Waals surface area contributed by atoms with Crippen molar-refractivity contribution in [2.75, 3.05) is 18.4 Å². The molecule has 0 bridgehead atoms. The van der Waals surface area contributed by atoms with Crippen LogP contribution < -0.4 is 10.6 Å². The maximum atomic E-state index is 13.7. The lowest BCUT2D eigenvalue weighted by molar-refractivity contribution is 0.478. The Kier molecular flexibility index (Phi) is 4.84. The molecular formula is C20H20FN5.